The molecule has 3 atom stereocenters. The summed E-state index contributed by atoms with van der Waals surface area (Å²) in [7, 11) is 0. The molecule has 5 heterocycles. The van der Waals surface area contributed by atoms with E-state index in [1.54, 1.807) is 0 Å². The first-order valence-corrected chi connectivity index (χ1v) is 9.98. The zero-order valence-corrected chi connectivity index (χ0v) is 15.7. The van der Waals surface area contributed by atoms with Crippen LogP contribution in [0, 0.1) is 12.8 Å². The molecule has 0 saturated carbocycles. The van der Waals surface area contributed by atoms with E-state index >= 15 is 0 Å². The molecule has 0 aliphatic carbocycles. The average Bonchev–Trinajstić information content (AvgIpc) is 3.14. The molecule has 26 heavy (non-hydrogen) atoms. The van der Waals surface area contributed by atoms with Crippen LogP contribution in [0.5, 0.6) is 0 Å². The molecule has 2 saturated heterocycles. The van der Waals surface area contributed by atoms with Crippen LogP contribution < -0.4 is 0 Å². The molecule has 3 aliphatic rings. The van der Waals surface area contributed by atoms with Gasteiger partial charge in [0.2, 0.25) is 5.91 Å². The number of likely N-dealkylation sites (tertiary alicyclic amines) is 1. The van der Waals surface area contributed by atoms with Crippen molar-refractivity contribution >= 4 is 11.6 Å². The van der Waals surface area contributed by atoms with E-state index in [4.69, 9.17) is 0 Å². The Labute approximate surface area is 154 Å². The van der Waals surface area contributed by atoms with Crippen LogP contribution in [0.15, 0.2) is 12.3 Å². The summed E-state index contributed by atoms with van der Waals surface area (Å²) in [6, 6.07) is 2.52. The van der Waals surface area contributed by atoms with E-state index in [2.05, 4.69) is 26.8 Å². The monoisotopic (exact) mass is 353 g/mol. The second-order valence-corrected chi connectivity index (χ2v) is 8.45. The van der Waals surface area contributed by atoms with Crippen molar-refractivity contribution in [2.75, 3.05) is 19.6 Å². The largest absolute Gasteiger partial charge is 0.331 e. The van der Waals surface area contributed by atoms with Gasteiger partial charge in [-0.25, -0.2) is 9.50 Å². The van der Waals surface area contributed by atoms with E-state index in [1.165, 1.54) is 24.1 Å². The normalized spacial score (nSPS) is 28.5. The Morgan fingerprint density at radius 2 is 2.19 bits per heavy atom. The molecular weight excluding hydrogens is 326 g/mol. The minimum absolute atomic E-state index is 0.180. The van der Waals surface area contributed by atoms with Crippen molar-refractivity contribution in [1.29, 1.82) is 0 Å². The lowest BCUT2D eigenvalue weighted by atomic mass is 9.98. The van der Waals surface area contributed by atoms with Gasteiger partial charge in [-0.1, -0.05) is 6.92 Å². The summed E-state index contributed by atoms with van der Waals surface area (Å²) in [5, 5.41) is 4.64. The van der Waals surface area contributed by atoms with Crippen molar-refractivity contribution in [3.05, 3.63) is 29.2 Å². The van der Waals surface area contributed by atoms with E-state index in [1.807, 2.05) is 23.7 Å². The fourth-order valence-corrected chi connectivity index (χ4v) is 5.28. The van der Waals surface area contributed by atoms with Crippen molar-refractivity contribution in [3.8, 4) is 0 Å². The van der Waals surface area contributed by atoms with Gasteiger partial charge in [-0.15, -0.1) is 0 Å². The number of carbonyl (C=O) groups is 1. The topological polar surface area (TPSA) is 53.7 Å². The highest BCUT2D eigenvalue weighted by molar-refractivity contribution is 5.80. The number of nitrogens with zero attached hydrogens (tertiary/aromatic N) is 5. The van der Waals surface area contributed by atoms with Gasteiger partial charge in [0.25, 0.3) is 0 Å². The number of carbonyl (C=O) groups excluding carboxylic acids is 1. The maximum absolute atomic E-state index is 13.2. The molecule has 2 aromatic rings. The molecule has 2 aromatic heterocycles. The second-order valence-electron chi connectivity index (χ2n) is 8.45. The lowest BCUT2D eigenvalue weighted by molar-refractivity contribution is -0.136. The van der Waals surface area contributed by atoms with Gasteiger partial charge in [-0.05, 0) is 45.1 Å². The Balaban J connectivity index is 1.42. The second kappa shape index (κ2) is 6.05. The Bertz CT molecular complexity index is 859. The molecule has 3 aliphatic heterocycles. The lowest BCUT2D eigenvalue weighted by Gasteiger charge is -2.38. The van der Waals surface area contributed by atoms with Gasteiger partial charge in [-0.2, -0.15) is 5.10 Å². The molecule has 138 valence electrons. The lowest BCUT2D eigenvalue weighted by Crippen LogP contribution is -2.48. The van der Waals surface area contributed by atoms with Crippen LogP contribution in [0.4, 0.5) is 0 Å². The molecule has 6 nitrogen and oxygen atoms in total. The number of fused-ring (bicyclic) bond motifs is 6. The minimum atomic E-state index is 0.180. The van der Waals surface area contributed by atoms with E-state index in [0.717, 1.165) is 43.7 Å². The van der Waals surface area contributed by atoms with Gasteiger partial charge in [0.15, 0.2) is 5.65 Å². The van der Waals surface area contributed by atoms with Crippen molar-refractivity contribution in [1.82, 2.24) is 24.4 Å². The first-order valence-electron chi connectivity index (χ1n) is 9.98. The highest BCUT2D eigenvalue weighted by Gasteiger charge is 2.44. The number of amides is 1. The first-order chi connectivity index (χ1) is 12.6. The third-order valence-corrected chi connectivity index (χ3v) is 6.42. The molecule has 0 spiro atoms. The Morgan fingerprint density at radius 1 is 1.31 bits per heavy atom. The summed E-state index contributed by atoms with van der Waals surface area (Å²) < 4.78 is 2.00. The van der Waals surface area contributed by atoms with Gasteiger partial charge in [0, 0.05) is 36.8 Å². The molecular formula is C20H27N5O. The minimum Gasteiger partial charge on any atom is -0.331 e. The molecule has 6 heteroatoms. The Morgan fingerprint density at radius 3 is 3.04 bits per heavy atom. The molecule has 5 rings (SSSR count). The zero-order chi connectivity index (χ0) is 17.8. The van der Waals surface area contributed by atoms with Crippen molar-refractivity contribution < 1.29 is 4.79 Å². The smallest absolute Gasteiger partial charge is 0.237 e. The molecule has 2 fully saturated rings. The van der Waals surface area contributed by atoms with E-state index in [-0.39, 0.29) is 6.04 Å². The fraction of sp³-hybridized carbons (Fsp3) is 0.650. The van der Waals surface area contributed by atoms with Gasteiger partial charge < -0.3 is 4.90 Å². The quantitative estimate of drug-likeness (QED) is 0.832. The summed E-state index contributed by atoms with van der Waals surface area (Å²) in [5.74, 6) is 1.00. The zero-order valence-electron chi connectivity index (χ0n) is 15.7. The first kappa shape index (κ1) is 16.2. The van der Waals surface area contributed by atoms with Crippen LogP contribution in [-0.4, -0.2) is 56.0 Å². The molecule has 1 amide bonds. The highest BCUT2D eigenvalue weighted by atomic mass is 16.2. The van der Waals surface area contributed by atoms with Gasteiger partial charge in [0.1, 0.15) is 0 Å². The number of aryl methyl sites for hydroxylation is 1. The average molecular weight is 353 g/mol. The Hall–Kier alpha value is -1.95. The van der Waals surface area contributed by atoms with Gasteiger partial charge >= 0.3 is 0 Å². The molecule has 0 N–H and O–H groups in total. The predicted octanol–water partition coefficient (Wildman–Crippen LogP) is 2.36. The fourth-order valence-electron chi connectivity index (χ4n) is 5.28. The number of piperidine rings is 1. The standard InChI is InChI=1S/C20H27N5O/c1-13-4-3-7-23(11-13)12-20(26)24-15-5-6-17(24)16-10-21-19-8-14(2)22-25(19)18(16)9-15/h8,10,13,15,17H,3-7,9,11-12H2,1-2H3. The van der Waals surface area contributed by atoms with Crippen LogP contribution >= 0.6 is 0 Å². The van der Waals surface area contributed by atoms with Crippen molar-refractivity contribution in [2.45, 2.75) is 58.0 Å². The number of aromatic nitrogens is 3. The van der Waals surface area contributed by atoms with Gasteiger partial charge in [-0.3, -0.25) is 9.69 Å². The van der Waals surface area contributed by atoms with E-state index in [0.29, 0.717) is 24.4 Å². The summed E-state index contributed by atoms with van der Waals surface area (Å²) in [5.41, 5.74) is 4.37. The maximum atomic E-state index is 13.2. The maximum Gasteiger partial charge on any atom is 0.237 e. The summed E-state index contributed by atoms with van der Waals surface area (Å²) in [4.78, 5) is 22.3. The summed E-state index contributed by atoms with van der Waals surface area (Å²) >= 11 is 0. The molecule has 3 unspecified atom stereocenters. The van der Waals surface area contributed by atoms with Crippen LogP contribution in [0.1, 0.15) is 55.6 Å². The summed E-state index contributed by atoms with van der Waals surface area (Å²) in [6.45, 7) is 6.99. The number of rotatable bonds is 2. The van der Waals surface area contributed by atoms with E-state index < -0.39 is 0 Å². The van der Waals surface area contributed by atoms with Crippen LogP contribution in [0.25, 0.3) is 5.65 Å². The van der Waals surface area contributed by atoms with Crippen LogP contribution in [0.2, 0.25) is 0 Å². The summed E-state index contributed by atoms with van der Waals surface area (Å²) in [6.07, 6.45) is 7.52. The third kappa shape index (κ3) is 2.54. The third-order valence-electron chi connectivity index (χ3n) is 6.42. The molecule has 0 aromatic carbocycles. The highest BCUT2D eigenvalue weighted by Crippen LogP contribution is 2.43. The molecule has 2 bridgehead atoms. The van der Waals surface area contributed by atoms with E-state index in [9.17, 15) is 4.79 Å². The number of hydrogen-bond acceptors (Lipinski definition) is 4. The SMILES string of the molecule is Cc1cc2ncc3c(n2n1)CC1CCC3N1C(=O)CN1CCCC(C)C1. The number of hydrogen-bond donors (Lipinski definition) is 0. The van der Waals surface area contributed by atoms with Crippen molar-refractivity contribution in [2.24, 2.45) is 5.92 Å². The van der Waals surface area contributed by atoms with Crippen LogP contribution in [0.3, 0.4) is 0 Å². The van der Waals surface area contributed by atoms with Gasteiger partial charge in [0.05, 0.1) is 24.0 Å². The Kier molecular flexibility index (Phi) is 3.78. The molecule has 0 radical (unpaired) electrons. The van der Waals surface area contributed by atoms with Crippen molar-refractivity contribution in [3.63, 3.8) is 0 Å². The van der Waals surface area contributed by atoms with Crippen LogP contribution in [-0.2, 0) is 11.2 Å². The predicted molar refractivity (Wildman–Crippen MR) is 98.9 cm³/mol.